The van der Waals surface area contributed by atoms with Crippen molar-refractivity contribution in [3.8, 4) is 5.75 Å². The molecule has 0 atom stereocenters. The van der Waals surface area contributed by atoms with Crippen molar-refractivity contribution >= 4 is 32.6 Å². The molecule has 0 saturated carbocycles. The number of ether oxygens (including phenoxy) is 1. The molecular weight excluding hydrogens is 358 g/mol. The normalized spacial score (nSPS) is 11.1. The Labute approximate surface area is 164 Å². The van der Waals surface area contributed by atoms with Crippen LogP contribution in [-0.2, 0) is 4.79 Å². The SMILES string of the molecule is CCN(CC)CCN(C(=O)COc1ccccc1)c1nc2ccccc2s1. The molecule has 1 aromatic heterocycles. The van der Waals surface area contributed by atoms with E-state index in [4.69, 9.17) is 4.74 Å². The molecule has 0 radical (unpaired) electrons. The van der Waals surface area contributed by atoms with Gasteiger partial charge in [0.25, 0.3) is 5.91 Å². The summed E-state index contributed by atoms with van der Waals surface area (Å²) in [4.78, 5) is 21.7. The summed E-state index contributed by atoms with van der Waals surface area (Å²) >= 11 is 1.54. The minimum Gasteiger partial charge on any atom is -0.484 e. The van der Waals surface area contributed by atoms with E-state index in [-0.39, 0.29) is 12.5 Å². The first-order valence-corrected chi connectivity index (χ1v) is 10.1. The molecule has 0 bridgehead atoms. The van der Waals surface area contributed by atoms with Gasteiger partial charge in [-0.15, -0.1) is 0 Å². The zero-order valence-electron chi connectivity index (χ0n) is 15.8. The van der Waals surface area contributed by atoms with E-state index in [0.29, 0.717) is 12.3 Å². The molecule has 142 valence electrons. The van der Waals surface area contributed by atoms with E-state index in [9.17, 15) is 4.79 Å². The number of amides is 1. The fraction of sp³-hybridized carbons (Fsp3) is 0.333. The van der Waals surface area contributed by atoms with Gasteiger partial charge in [0, 0.05) is 13.1 Å². The highest BCUT2D eigenvalue weighted by Gasteiger charge is 2.21. The number of anilines is 1. The zero-order valence-corrected chi connectivity index (χ0v) is 16.6. The molecule has 0 unspecified atom stereocenters. The van der Waals surface area contributed by atoms with Crippen molar-refractivity contribution in [1.82, 2.24) is 9.88 Å². The van der Waals surface area contributed by atoms with E-state index in [1.54, 1.807) is 16.2 Å². The first-order valence-electron chi connectivity index (χ1n) is 9.27. The summed E-state index contributed by atoms with van der Waals surface area (Å²) in [6, 6.07) is 17.4. The molecule has 0 saturated heterocycles. The lowest BCUT2D eigenvalue weighted by Gasteiger charge is -2.24. The average Bonchev–Trinajstić information content (AvgIpc) is 3.14. The van der Waals surface area contributed by atoms with Gasteiger partial charge in [-0.2, -0.15) is 0 Å². The maximum atomic E-state index is 12.9. The fourth-order valence-corrected chi connectivity index (χ4v) is 3.83. The molecule has 0 aliphatic rings. The number of rotatable bonds is 9. The molecule has 3 aromatic rings. The van der Waals surface area contributed by atoms with Crippen LogP contribution in [0.1, 0.15) is 13.8 Å². The van der Waals surface area contributed by atoms with Gasteiger partial charge in [-0.05, 0) is 37.4 Å². The van der Waals surface area contributed by atoms with Crippen LogP contribution in [0.4, 0.5) is 5.13 Å². The Morgan fingerprint density at radius 3 is 2.41 bits per heavy atom. The van der Waals surface area contributed by atoms with E-state index in [1.165, 1.54) is 0 Å². The number of fused-ring (bicyclic) bond motifs is 1. The summed E-state index contributed by atoms with van der Waals surface area (Å²) in [6.45, 7) is 7.58. The summed E-state index contributed by atoms with van der Waals surface area (Å²) in [5, 5.41) is 0.727. The molecule has 27 heavy (non-hydrogen) atoms. The summed E-state index contributed by atoms with van der Waals surface area (Å²) < 4.78 is 6.76. The Hall–Kier alpha value is -2.44. The van der Waals surface area contributed by atoms with Crippen LogP contribution in [0.2, 0.25) is 0 Å². The molecule has 3 rings (SSSR count). The lowest BCUT2D eigenvalue weighted by Crippen LogP contribution is -2.41. The number of hydrogen-bond acceptors (Lipinski definition) is 5. The Balaban J connectivity index is 1.76. The van der Waals surface area contributed by atoms with E-state index in [1.807, 2.05) is 54.6 Å². The topological polar surface area (TPSA) is 45.7 Å². The lowest BCUT2D eigenvalue weighted by molar-refractivity contribution is -0.120. The third kappa shape index (κ3) is 5.05. The van der Waals surface area contributed by atoms with Crippen LogP contribution in [0.5, 0.6) is 5.75 Å². The molecule has 0 aliphatic carbocycles. The maximum absolute atomic E-state index is 12.9. The Kier molecular flexibility index (Phi) is 6.79. The number of carbonyl (C=O) groups is 1. The second-order valence-electron chi connectivity index (χ2n) is 6.14. The number of nitrogens with zero attached hydrogens (tertiary/aromatic N) is 3. The van der Waals surface area contributed by atoms with Crippen LogP contribution in [0.15, 0.2) is 54.6 Å². The van der Waals surface area contributed by atoms with Crippen LogP contribution >= 0.6 is 11.3 Å². The summed E-state index contributed by atoms with van der Waals surface area (Å²) in [6.07, 6.45) is 0. The number of aromatic nitrogens is 1. The van der Waals surface area contributed by atoms with Crippen molar-refractivity contribution in [3.05, 3.63) is 54.6 Å². The number of thiazole rings is 1. The first-order chi connectivity index (χ1) is 13.2. The van der Waals surface area contributed by atoms with Gasteiger partial charge in [0.2, 0.25) is 0 Å². The van der Waals surface area contributed by atoms with Crippen LogP contribution in [0.3, 0.4) is 0 Å². The van der Waals surface area contributed by atoms with Crippen molar-refractivity contribution in [2.24, 2.45) is 0 Å². The number of likely N-dealkylation sites (N-methyl/N-ethyl adjacent to an activating group) is 1. The van der Waals surface area contributed by atoms with Crippen LogP contribution in [-0.4, -0.2) is 48.6 Å². The van der Waals surface area contributed by atoms with Gasteiger partial charge < -0.3 is 9.64 Å². The third-order valence-corrected chi connectivity index (χ3v) is 5.51. The first kappa shape index (κ1) is 19.3. The van der Waals surface area contributed by atoms with Crippen molar-refractivity contribution in [3.63, 3.8) is 0 Å². The standard InChI is InChI=1S/C21H25N3O2S/c1-3-23(4-2)14-15-24(20(25)16-26-17-10-6-5-7-11-17)21-22-18-12-8-9-13-19(18)27-21/h5-13H,3-4,14-16H2,1-2H3. The van der Waals surface area contributed by atoms with E-state index in [2.05, 4.69) is 23.7 Å². The van der Waals surface area contributed by atoms with E-state index >= 15 is 0 Å². The molecule has 0 N–H and O–H groups in total. The molecular formula is C21H25N3O2S. The van der Waals surface area contributed by atoms with Crippen LogP contribution in [0.25, 0.3) is 10.2 Å². The molecule has 1 heterocycles. The Morgan fingerprint density at radius 2 is 1.70 bits per heavy atom. The van der Waals surface area contributed by atoms with Crippen LogP contribution < -0.4 is 9.64 Å². The largest absolute Gasteiger partial charge is 0.484 e. The maximum Gasteiger partial charge on any atom is 0.266 e. The highest BCUT2D eigenvalue weighted by atomic mass is 32.1. The molecule has 6 heteroatoms. The second-order valence-corrected chi connectivity index (χ2v) is 7.15. The Morgan fingerprint density at radius 1 is 1.00 bits per heavy atom. The predicted molar refractivity (Wildman–Crippen MR) is 112 cm³/mol. The second kappa shape index (κ2) is 9.48. The molecule has 0 aliphatic heterocycles. The number of carbonyl (C=O) groups excluding carboxylic acids is 1. The number of benzene rings is 2. The van der Waals surface area contributed by atoms with Gasteiger partial charge in [-0.25, -0.2) is 4.98 Å². The van der Waals surface area contributed by atoms with Crippen molar-refractivity contribution in [2.75, 3.05) is 37.7 Å². The highest BCUT2D eigenvalue weighted by molar-refractivity contribution is 7.22. The third-order valence-electron chi connectivity index (χ3n) is 4.45. The molecule has 0 spiro atoms. The van der Waals surface area contributed by atoms with Crippen molar-refractivity contribution in [1.29, 1.82) is 0 Å². The summed E-state index contributed by atoms with van der Waals surface area (Å²) in [5.74, 6) is 0.615. The van der Waals surface area contributed by atoms with E-state index < -0.39 is 0 Å². The quantitative estimate of drug-likeness (QED) is 0.559. The number of hydrogen-bond donors (Lipinski definition) is 0. The van der Waals surface area contributed by atoms with Gasteiger partial charge in [-0.3, -0.25) is 9.69 Å². The molecule has 1 amide bonds. The average molecular weight is 384 g/mol. The highest BCUT2D eigenvalue weighted by Crippen LogP contribution is 2.28. The number of para-hydroxylation sites is 2. The monoisotopic (exact) mass is 383 g/mol. The van der Waals surface area contributed by atoms with Crippen LogP contribution in [0, 0.1) is 0 Å². The van der Waals surface area contributed by atoms with Gasteiger partial charge in [0.15, 0.2) is 11.7 Å². The molecule has 5 nitrogen and oxygen atoms in total. The van der Waals surface area contributed by atoms with Gasteiger partial charge in [0.1, 0.15) is 5.75 Å². The predicted octanol–water partition coefficient (Wildman–Crippen LogP) is 4.05. The minimum absolute atomic E-state index is 0.00180. The fourth-order valence-electron chi connectivity index (χ4n) is 2.82. The zero-order chi connectivity index (χ0) is 19.1. The lowest BCUT2D eigenvalue weighted by atomic mass is 10.3. The van der Waals surface area contributed by atoms with E-state index in [0.717, 1.165) is 35.0 Å². The summed E-state index contributed by atoms with van der Waals surface area (Å²) in [5.41, 5.74) is 0.919. The van der Waals surface area contributed by atoms with Gasteiger partial charge in [-0.1, -0.05) is 55.5 Å². The summed E-state index contributed by atoms with van der Waals surface area (Å²) in [7, 11) is 0. The molecule has 2 aromatic carbocycles. The van der Waals surface area contributed by atoms with Crippen molar-refractivity contribution in [2.45, 2.75) is 13.8 Å². The molecule has 0 fully saturated rings. The van der Waals surface area contributed by atoms with Gasteiger partial charge >= 0.3 is 0 Å². The minimum atomic E-state index is -0.0786. The van der Waals surface area contributed by atoms with Gasteiger partial charge in [0.05, 0.1) is 10.2 Å². The van der Waals surface area contributed by atoms with Crippen molar-refractivity contribution < 1.29 is 9.53 Å². The smallest absolute Gasteiger partial charge is 0.266 e. The Bertz CT molecular complexity index is 829.